The van der Waals surface area contributed by atoms with Crippen molar-refractivity contribution in [1.82, 2.24) is 0 Å². The van der Waals surface area contributed by atoms with Crippen LogP contribution in [0.5, 0.6) is 0 Å². The van der Waals surface area contributed by atoms with Crippen molar-refractivity contribution < 1.29 is 9.84 Å². The van der Waals surface area contributed by atoms with E-state index in [1.807, 2.05) is 0 Å². The van der Waals surface area contributed by atoms with Gasteiger partial charge in [0.25, 0.3) is 0 Å². The Morgan fingerprint density at radius 3 is 1.62 bits per heavy atom. The Kier molecular flexibility index (Phi) is 15.8. The minimum atomic E-state index is 0. The molecule has 3 heteroatoms. The molecule has 0 bridgehead atoms. The van der Waals surface area contributed by atoms with Crippen LogP contribution in [0.1, 0.15) is 12.8 Å². The van der Waals surface area contributed by atoms with Gasteiger partial charge < -0.3 is 9.84 Å². The summed E-state index contributed by atoms with van der Waals surface area (Å²) in [4.78, 5) is 0. The Bertz CT molecular complexity index is 22.0. The maximum Gasteiger partial charge on any atom is 0.0466 e. The third-order valence-corrected chi connectivity index (χ3v) is 0.827. The number of rotatable bonds is 0. The Labute approximate surface area is 72.5 Å². The first kappa shape index (κ1) is 11.7. The SMILES string of the molecule is C1CCOC1.CO.[Na]. The Morgan fingerprint density at radius 2 is 1.50 bits per heavy atom. The largest absolute Gasteiger partial charge is 0.400 e. The van der Waals surface area contributed by atoms with Crippen molar-refractivity contribution in [3.05, 3.63) is 0 Å². The van der Waals surface area contributed by atoms with Gasteiger partial charge in [0.15, 0.2) is 0 Å². The molecular weight excluding hydrogens is 115 g/mol. The summed E-state index contributed by atoms with van der Waals surface area (Å²) in [6.07, 6.45) is 2.56. The number of hydrogen-bond donors (Lipinski definition) is 1. The molecule has 1 saturated heterocycles. The molecule has 0 saturated carbocycles. The van der Waals surface area contributed by atoms with Gasteiger partial charge in [-0.2, -0.15) is 0 Å². The van der Waals surface area contributed by atoms with E-state index in [4.69, 9.17) is 9.84 Å². The fourth-order valence-electron chi connectivity index (χ4n) is 0.510. The molecule has 1 rings (SSSR count). The molecule has 0 unspecified atom stereocenters. The van der Waals surface area contributed by atoms with Crippen molar-refractivity contribution >= 4 is 29.6 Å². The molecule has 8 heavy (non-hydrogen) atoms. The van der Waals surface area contributed by atoms with Gasteiger partial charge in [0.1, 0.15) is 0 Å². The summed E-state index contributed by atoms with van der Waals surface area (Å²) in [6.45, 7) is 2.00. The molecule has 0 atom stereocenters. The monoisotopic (exact) mass is 127 g/mol. The van der Waals surface area contributed by atoms with E-state index in [1.54, 1.807) is 0 Å². The molecule has 1 aliphatic heterocycles. The molecule has 0 aromatic heterocycles. The van der Waals surface area contributed by atoms with E-state index in [2.05, 4.69) is 0 Å². The van der Waals surface area contributed by atoms with Crippen molar-refractivity contribution in [2.24, 2.45) is 0 Å². The topological polar surface area (TPSA) is 29.5 Å². The summed E-state index contributed by atoms with van der Waals surface area (Å²) in [7, 11) is 1.00. The predicted molar refractivity (Wildman–Crippen MR) is 33.9 cm³/mol. The summed E-state index contributed by atoms with van der Waals surface area (Å²) in [5.41, 5.74) is 0. The van der Waals surface area contributed by atoms with Gasteiger partial charge in [-0.05, 0) is 12.8 Å². The van der Waals surface area contributed by atoms with Gasteiger partial charge in [-0.1, -0.05) is 0 Å². The number of aliphatic hydroxyl groups is 1. The standard InChI is InChI=1S/C4H8O.CH4O.Na/c1-2-4-5-3-1;1-2;/h1-4H2;2H,1H3;. The summed E-state index contributed by atoms with van der Waals surface area (Å²) in [6, 6.07) is 0. The van der Waals surface area contributed by atoms with Gasteiger partial charge in [-0.25, -0.2) is 0 Å². The van der Waals surface area contributed by atoms with Crippen LogP contribution in [0.3, 0.4) is 0 Å². The van der Waals surface area contributed by atoms with Crippen LogP contribution in [0, 0.1) is 0 Å². The van der Waals surface area contributed by atoms with Crippen LogP contribution < -0.4 is 0 Å². The fourth-order valence-corrected chi connectivity index (χ4v) is 0.510. The molecule has 2 nitrogen and oxygen atoms in total. The molecule has 1 fully saturated rings. The zero-order chi connectivity index (χ0) is 5.54. The molecule has 0 aromatic carbocycles. The quantitative estimate of drug-likeness (QED) is 0.465. The molecule has 1 N–H and O–H groups in total. The van der Waals surface area contributed by atoms with Crippen LogP contribution in [-0.2, 0) is 4.74 Å². The van der Waals surface area contributed by atoms with E-state index >= 15 is 0 Å². The number of hydrogen-bond acceptors (Lipinski definition) is 2. The summed E-state index contributed by atoms with van der Waals surface area (Å²) in [5, 5.41) is 7.00. The van der Waals surface area contributed by atoms with Crippen molar-refractivity contribution in [3.63, 3.8) is 0 Å². The molecular formula is C5H12NaO2. The fraction of sp³-hybridized carbons (Fsp3) is 1.00. The molecule has 1 heterocycles. The minimum absolute atomic E-state index is 0. The molecule has 0 aromatic rings. The Morgan fingerprint density at radius 1 is 1.12 bits per heavy atom. The molecule has 0 spiro atoms. The summed E-state index contributed by atoms with van der Waals surface area (Å²) >= 11 is 0. The van der Waals surface area contributed by atoms with Crippen molar-refractivity contribution in [2.75, 3.05) is 20.3 Å². The van der Waals surface area contributed by atoms with E-state index in [9.17, 15) is 0 Å². The molecule has 1 aliphatic rings. The first-order valence-electron chi connectivity index (χ1n) is 2.52. The second-order valence-corrected chi connectivity index (χ2v) is 1.32. The predicted octanol–water partition coefficient (Wildman–Crippen LogP) is 0.0245. The smallest absolute Gasteiger partial charge is 0.0466 e. The van der Waals surface area contributed by atoms with Gasteiger partial charge in [0.2, 0.25) is 0 Å². The van der Waals surface area contributed by atoms with Crippen molar-refractivity contribution in [2.45, 2.75) is 12.8 Å². The van der Waals surface area contributed by atoms with E-state index < -0.39 is 0 Å². The number of ether oxygens (including phenoxy) is 1. The third-order valence-electron chi connectivity index (χ3n) is 0.827. The third kappa shape index (κ3) is 6.92. The van der Waals surface area contributed by atoms with Gasteiger partial charge in [0, 0.05) is 49.9 Å². The van der Waals surface area contributed by atoms with Crippen molar-refractivity contribution in [3.8, 4) is 0 Å². The van der Waals surface area contributed by atoms with Crippen LogP contribution in [0.15, 0.2) is 0 Å². The van der Waals surface area contributed by atoms with E-state index in [0.29, 0.717) is 0 Å². The van der Waals surface area contributed by atoms with Crippen molar-refractivity contribution in [1.29, 1.82) is 0 Å². The van der Waals surface area contributed by atoms with E-state index in [0.717, 1.165) is 20.3 Å². The van der Waals surface area contributed by atoms with Gasteiger partial charge in [-0.3, -0.25) is 0 Å². The first-order chi connectivity index (χ1) is 3.50. The zero-order valence-electron chi connectivity index (χ0n) is 5.68. The second kappa shape index (κ2) is 10.8. The molecule has 0 amide bonds. The second-order valence-electron chi connectivity index (χ2n) is 1.32. The van der Waals surface area contributed by atoms with Crippen LogP contribution in [-0.4, -0.2) is 55.0 Å². The first-order valence-corrected chi connectivity index (χ1v) is 2.52. The Balaban J connectivity index is 0. The maximum atomic E-state index is 7.00. The average molecular weight is 127 g/mol. The zero-order valence-corrected chi connectivity index (χ0v) is 7.68. The number of aliphatic hydroxyl groups excluding tert-OH is 1. The van der Waals surface area contributed by atoms with Crippen LogP contribution in [0.25, 0.3) is 0 Å². The van der Waals surface area contributed by atoms with Gasteiger partial charge >= 0.3 is 0 Å². The average Bonchev–Trinajstić information content (AvgIpc) is 2.23. The van der Waals surface area contributed by atoms with Crippen LogP contribution in [0.4, 0.5) is 0 Å². The summed E-state index contributed by atoms with van der Waals surface area (Å²) < 4.78 is 4.94. The molecule has 45 valence electrons. The summed E-state index contributed by atoms with van der Waals surface area (Å²) in [5.74, 6) is 0. The molecule has 0 aliphatic carbocycles. The molecule has 1 radical (unpaired) electrons. The maximum absolute atomic E-state index is 7.00. The van der Waals surface area contributed by atoms with E-state index in [1.165, 1.54) is 12.8 Å². The normalized spacial score (nSPS) is 15.8. The Hall–Kier alpha value is 0.920. The van der Waals surface area contributed by atoms with Crippen LogP contribution in [0.2, 0.25) is 0 Å². The van der Waals surface area contributed by atoms with Gasteiger partial charge in [-0.15, -0.1) is 0 Å². The van der Waals surface area contributed by atoms with Gasteiger partial charge in [0.05, 0.1) is 0 Å². The van der Waals surface area contributed by atoms with Crippen LogP contribution >= 0.6 is 0 Å². The minimum Gasteiger partial charge on any atom is -0.400 e. The van der Waals surface area contributed by atoms with E-state index in [-0.39, 0.29) is 29.6 Å².